The molecule has 0 radical (unpaired) electrons. The van der Waals surface area contributed by atoms with E-state index in [-0.39, 0.29) is 11.9 Å². The average Bonchev–Trinajstić information content (AvgIpc) is 2.36. The molecule has 1 N–H and O–H groups in total. The maximum absolute atomic E-state index is 12.1. The van der Waals surface area contributed by atoms with Gasteiger partial charge in [-0.3, -0.25) is 4.79 Å². The third-order valence-electron chi connectivity index (χ3n) is 2.98. The van der Waals surface area contributed by atoms with Gasteiger partial charge in [0.1, 0.15) is 0 Å². The summed E-state index contributed by atoms with van der Waals surface area (Å²) in [5, 5.41) is 3.37. The van der Waals surface area contributed by atoms with Crippen LogP contribution in [0, 0.1) is 0 Å². The summed E-state index contributed by atoms with van der Waals surface area (Å²) in [7, 11) is 0. The van der Waals surface area contributed by atoms with E-state index in [1.165, 1.54) is 0 Å². The molecule has 1 amide bonds. The first-order valence-electron chi connectivity index (χ1n) is 6.26. The van der Waals surface area contributed by atoms with Crippen LogP contribution < -0.4 is 5.32 Å². The van der Waals surface area contributed by atoms with Crippen molar-refractivity contribution in [2.24, 2.45) is 0 Å². The summed E-state index contributed by atoms with van der Waals surface area (Å²) in [6.45, 7) is 6.88. The quantitative estimate of drug-likeness (QED) is 0.772. The van der Waals surface area contributed by atoms with Crippen LogP contribution in [0.15, 0.2) is 0 Å². The number of nitrogens with one attached hydrogen (secondary N) is 1. The lowest BCUT2D eigenvalue weighted by Gasteiger charge is -2.30. The predicted molar refractivity (Wildman–Crippen MR) is 72.5 cm³/mol. The highest BCUT2D eigenvalue weighted by Gasteiger charge is 2.22. The van der Waals surface area contributed by atoms with E-state index in [0.717, 1.165) is 25.3 Å². The van der Waals surface area contributed by atoms with Crippen LogP contribution in [0.5, 0.6) is 0 Å². The summed E-state index contributed by atoms with van der Waals surface area (Å²) >= 11 is 1.84. The minimum absolute atomic E-state index is 0.0926. The first kappa shape index (κ1) is 14.8. The van der Waals surface area contributed by atoms with Crippen molar-refractivity contribution >= 4 is 17.7 Å². The molecule has 1 aliphatic rings. The van der Waals surface area contributed by atoms with E-state index in [4.69, 9.17) is 4.74 Å². The smallest absolute Gasteiger partial charge is 0.239 e. The lowest BCUT2D eigenvalue weighted by molar-refractivity contribution is -0.137. The SMILES string of the molecule is CSCCC(C)NC(C)C(=O)N1CCOCC1. The zero-order valence-electron chi connectivity index (χ0n) is 11.1. The van der Waals surface area contributed by atoms with Crippen LogP contribution in [-0.2, 0) is 9.53 Å². The molecule has 2 atom stereocenters. The normalized spacial score (nSPS) is 20.1. The molecule has 1 saturated heterocycles. The molecule has 0 aliphatic carbocycles. The molecule has 4 nitrogen and oxygen atoms in total. The van der Waals surface area contributed by atoms with Crippen LogP contribution in [-0.4, -0.2) is 61.2 Å². The second-order valence-corrected chi connectivity index (χ2v) is 5.49. The monoisotopic (exact) mass is 260 g/mol. The zero-order valence-corrected chi connectivity index (χ0v) is 11.9. The average molecular weight is 260 g/mol. The van der Waals surface area contributed by atoms with Gasteiger partial charge in [-0.15, -0.1) is 0 Å². The first-order chi connectivity index (χ1) is 8.15. The lowest BCUT2D eigenvalue weighted by atomic mass is 10.2. The van der Waals surface area contributed by atoms with Gasteiger partial charge in [-0.1, -0.05) is 0 Å². The van der Waals surface area contributed by atoms with E-state index in [0.29, 0.717) is 19.3 Å². The van der Waals surface area contributed by atoms with Crippen LogP contribution in [0.2, 0.25) is 0 Å². The number of morpholine rings is 1. The molecule has 1 fully saturated rings. The number of ether oxygens (including phenoxy) is 1. The Labute approximate surface area is 108 Å². The van der Waals surface area contributed by atoms with Crippen molar-refractivity contribution in [3.63, 3.8) is 0 Å². The van der Waals surface area contributed by atoms with Gasteiger partial charge in [0, 0.05) is 19.1 Å². The largest absolute Gasteiger partial charge is 0.378 e. The summed E-state index contributed by atoms with van der Waals surface area (Å²) in [6, 6.07) is 0.299. The molecule has 100 valence electrons. The number of carbonyl (C=O) groups excluding carboxylic acids is 1. The Kier molecular flexibility index (Phi) is 6.92. The van der Waals surface area contributed by atoms with Crippen LogP contribution in [0.1, 0.15) is 20.3 Å². The van der Waals surface area contributed by atoms with Crippen molar-refractivity contribution in [1.82, 2.24) is 10.2 Å². The van der Waals surface area contributed by atoms with Gasteiger partial charge in [-0.05, 0) is 32.3 Å². The minimum Gasteiger partial charge on any atom is -0.378 e. The van der Waals surface area contributed by atoms with E-state index in [1.54, 1.807) is 0 Å². The molecule has 1 rings (SSSR count). The van der Waals surface area contributed by atoms with Gasteiger partial charge in [0.2, 0.25) is 5.91 Å². The molecule has 17 heavy (non-hydrogen) atoms. The van der Waals surface area contributed by atoms with Crippen molar-refractivity contribution in [3.05, 3.63) is 0 Å². The fourth-order valence-electron chi connectivity index (χ4n) is 1.93. The number of carbonyl (C=O) groups is 1. The van der Waals surface area contributed by atoms with Crippen molar-refractivity contribution in [2.45, 2.75) is 32.4 Å². The van der Waals surface area contributed by atoms with Crippen molar-refractivity contribution < 1.29 is 9.53 Å². The number of hydrogen-bond donors (Lipinski definition) is 1. The predicted octanol–water partition coefficient (Wildman–Crippen LogP) is 0.965. The lowest BCUT2D eigenvalue weighted by Crippen LogP contribution is -2.51. The second kappa shape index (κ2) is 7.95. The van der Waals surface area contributed by atoms with E-state index < -0.39 is 0 Å². The Bertz CT molecular complexity index is 233. The molecular weight excluding hydrogens is 236 g/mol. The van der Waals surface area contributed by atoms with Gasteiger partial charge in [0.25, 0.3) is 0 Å². The Morgan fingerprint density at radius 3 is 2.65 bits per heavy atom. The summed E-state index contributed by atoms with van der Waals surface area (Å²) in [6.07, 6.45) is 3.21. The standard InChI is InChI=1S/C12H24N2O2S/c1-10(4-9-17-3)13-11(2)12(15)14-5-7-16-8-6-14/h10-11,13H,4-9H2,1-3H3. The Morgan fingerprint density at radius 2 is 2.06 bits per heavy atom. The molecule has 0 aromatic carbocycles. The molecule has 0 aromatic rings. The number of amides is 1. The highest BCUT2D eigenvalue weighted by Crippen LogP contribution is 2.04. The van der Waals surface area contributed by atoms with E-state index in [1.807, 2.05) is 23.6 Å². The number of hydrogen-bond acceptors (Lipinski definition) is 4. The van der Waals surface area contributed by atoms with Crippen LogP contribution >= 0.6 is 11.8 Å². The van der Waals surface area contributed by atoms with E-state index in [2.05, 4.69) is 18.5 Å². The molecule has 0 spiro atoms. The van der Waals surface area contributed by atoms with Crippen LogP contribution in [0.3, 0.4) is 0 Å². The highest BCUT2D eigenvalue weighted by molar-refractivity contribution is 7.98. The van der Waals surface area contributed by atoms with Crippen molar-refractivity contribution in [2.75, 3.05) is 38.3 Å². The van der Waals surface area contributed by atoms with Gasteiger partial charge >= 0.3 is 0 Å². The van der Waals surface area contributed by atoms with Gasteiger partial charge in [-0.25, -0.2) is 0 Å². The minimum atomic E-state index is -0.0926. The van der Waals surface area contributed by atoms with E-state index in [9.17, 15) is 4.79 Å². The fourth-order valence-corrected chi connectivity index (χ4v) is 2.52. The van der Waals surface area contributed by atoms with Gasteiger partial charge < -0.3 is 15.0 Å². The molecule has 5 heteroatoms. The third-order valence-corrected chi connectivity index (χ3v) is 3.63. The third kappa shape index (κ3) is 5.27. The summed E-state index contributed by atoms with van der Waals surface area (Å²) < 4.78 is 5.25. The number of rotatable bonds is 6. The first-order valence-corrected chi connectivity index (χ1v) is 7.66. The van der Waals surface area contributed by atoms with Gasteiger partial charge in [0.05, 0.1) is 19.3 Å². The molecule has 1 heterocycles. The number of thioether (sulfide) groups is 1. The van der Waals surface area contributed by atoms with Crippen LogP contribution in [0.25, 0.3) is 0 Å². The molecule has 2 unspecified atom stereocenters. The van der Waals surface area contributed by atoms with E-state index >= 15 is 0 Å². The van der Waals surface area contributed by atoms with Crippen LogP contribution in [0.4, 0.5) is 0 Å². The maximum Gasteiger partial charge on any atom is 0.239 e. The Morgan fingerprint density at radius 1 is 1.41 bits per heavy atom. The molecule has 0 aromatic heterocycles. The zero-order chi connectivity index (χ0) is 12.7. The molecule has 0 saturated carbocycles. The summed E-state index contributed by atoms with van der Waals surface area (Å²) in [5.41, 5.74) is 0. The highest BCUT2D eigenvalue weighted by atomic mass is 32.2. The van der Waals surface area contributed by atoms with Gasteiger partial charge in [0.15, 0.2) is 0 Å². The molecule has 1 aliphatic heterocycles. The van der Waals surface area contributed by atoms with Crippen molar-refractivity contribution in [3.8, 4) is 0 Å². The molecule has 0 bridgehead atoms. The Balaban J connectivity index is 2.29. The topological polar surface area (TPSA) is 41.6 Å². The number of nitrogens with zero attached hydrogens (tertiary/aromatic N) is 1. The summed E-state index contributed by atoms with van der Waals surface area (Å²) in [4.78, 5) is 14.0. The summed E-state index contributed by atoms with van der Waals surface area (Å²) in [5.74, 6) is 1.33. The Hall–Kier alpha value is -0.260. The maximum atomic E-state index is 12.1. The van der Waals surface area contributed by atoms with Gasteiger partial charge in [-0.2, -0.15) is 11.8 Å². The second-order valence-electron chi connectivity index (χ2n) is 4.51. The fraction of sp³-hybridized carbons (Fsp3) is 0.917. The van der Waals surface area contributed by atoms with Crippen molar-refractivity contribution in [1.29, 1.82) is 0 Å². The molecular formula is C12H24N2O2S.